The van der Waals surface area contributed by atoms with Crippen LogP contribution in [0.1, 0.15) is 13.8 Å². The largest absolute Gasteiger partial charge is 0.379 e. The van der Waals surface area contributed by atoms with Crippen LogP contribution in [0.25, 0.3) is 0 Å². The highest BCUT2D eigenvalue weighted by Gasteiger charge is 1.92. The number of rotatable bonds is 3. The summed E-state index contributed by atoms with van der Waals surface area (Å²) in [6, 6.07) is 0. The Morgan fingerprint density at radius 2 is 2.18 bits per heavy atom. The van der Waals surface area contributed by atoms with Crippen molar-refractivity contribution >= 4 is 6.34 Å². The van der Waals surface area contributed by atoms with Crippen LogP contribution in [-0.4, -0.2) is 13.4 Å². The molecule has 0 aliphatic rings. The molecule has 0 saturated heterocycles. The van der Waals surface area contributed by atoms with Crippen LogP contribution >= 0.6 is 0 Å². The summed E-state index contributed by atoms with van der Waals surface area (Å²) in [5.41, 5.74) is 0.349. The highest BCUT2D eigenvalue weighted by molar-refractivity contribution is 5.56. The van der Waals surface area contributed by atoms with E-state index in [1.165, 1.54) is 13.3 Å². The van der Waals surface area contributed by atoms with Gasteiger partial charge in [-0.1, -0.05) is 6.08 Å². The van der Waals surface area contributed by atoms with Gasteiger partial charge in [-0.2, -0.15) is 0 Å². The second-order valence-corrected chi connectivity index (χ2v) is 1.97. The zero-order valence-electron chi connectivity index (χ0n) is 7.06. The fourth-order valence-corrected chi connectivity index (χ4v) is 0.539. The molecule has 0 aromatic heterocycles. The van der Waals surface area contributed by atoms with Crippen molar-refractivity contribution in [2.45, 2.75) is 13.8 Å². The highest BCUT2D eigenvalue weighted by atomic mass is 19.1. The molecule has 11 heavy (non-hydrogen) atoms. The van der Waals surface area contributed by atoms with E-state index in [9.17, 15) is 4.39 Å². The lowest BCUT2D eigenvalue weighted by molar-refractivity contribution is 0.630. The van der Waals surface area contributed by atoms with E-state index in [4.69, 9.17) is 0 Å². The van der Waals surface area contributed by atoms with Gasteiger partial charge in [0.2, 0.25) is 0 Å². The average Bonchev–Trinajstić information content (AvgIpc) is 1.97. The summed E-state index contributed by atoms with van der Waals surface area (Å²) >= 11 is 0. The van der Waals surface area contributed by atoms with Gasteiger partial charge in [-0.3, -0.25) is 0 Å². The monoisotopic (exact) mass is 156 g/mol. The van der Waals surface area contributed by atoms with Gasteiger partial charge in [0.05, 0.1) is 12.0 Å². The molecule has 0 spiro atoms. The summed E-state index contributed by atoms with van der Waals surface area (Å²) < 4.78 is 12.6. The van der Waals surface area contributed by atoms with E-state index < -0.39 is 0 Å². The van der Waals surface area contributed by atoms with E-state index in [2.05, 4.69) is 10.3 Å². The summed E-state index contributed by atoms with van der Waals surface area (Å²) in [4.78, 5) is 3.81. The maximum Gasteiger partial charge on any atom is 0.122 e. The van der Waals surface area contributed by atoms with Crippen LogP contribution in [0, 0.1) is 0 Å². The van der Waals surface area contributed by atoms with Gasteiger partial charge in [-0.05, 0) is 19.9 Å². The highest BCUT2D eigenvalue weighted by Crippen LogP contribution is 2.07. The first-order valence-corrected chi connectivity index (χ1v) is 3.41. The molecule has 0 radical (unpaired) electrons. The third kappa shape index (κ3) is 4.31. The molecule has 0 fully saturated rings. The number of hydrogen-bond acceptors (Lipinski definition) is 1. The molecule has 2 nitrogen and oxygen atoms in total. The topological polar surface area (TPSA) is 24.4 Å². The second kappa shape index (κ2) is 5.65. The zero-order chi connectivity index (χ0) is 8.69. The van der Waals surface area contributed by atoms with Crippen molar-refractivity contribution in [2.24, 2.45) is 4.99 Å². The second-order valence-electron chi connectivity index (χ2n) is 1.97. The Labute approximate surface area is 66.5 Å². The molecule has 0 rings (SSSR count). The SMILES string of the molecule is C\C=C/C(/N=C\NC)=C(\C)F. The normalized spacial score (nSPS) is 14.2. The van der Waals surface area contributed by atoms with E-state index >= 15 is 0 Å². The van der Waals surface area contributed by atoms with Gasteiger partial charge in [0.1, 0.15) is 5.83 Å². The van der Waals surface area contributed by atoms with Crippen molar-refractivity contribution in [3.05, 3.63) is 23.7 Å². The van der Waals surface area contributed by atoms with Crippen LogP contribution in [0.4, 0.5) is 4.39 Å². The standard InChI is InChI=1S/C8H13FN2/c1-4-5-8(7(2)9)11-6-10-3/h4-6H,1-3H3,(H,10,11)/b5-4-,8-7-. The van der Waals surface area contributed by atoms with Crippen LogP contribution in [0.3, 0.4) is 0 Å². The molecule has 0 atom stereocenters. The van der Waals surface area contributed by atoms with Crippen LogP contribution < -0.4 is 5.32 Å². The Balaban J connectivity index is 4.37. The fraction of sp³-hybridized carbons (Fsp3) is 0.375. The number of nitrogens with one attached hydrogen (secondary N) is 1. The zero-order valence-corrected chi connectivity index (χ0v) is 7.06. The number of allylic oxidation sites excluding steroid dienone is 3. The lowest BCUT2D eigenvalue weighted by Gasteiger charge is -1.92. The van der Waals surface area contributed by atoms with Crippen LogP contribution in [0.2, 0.25) is 0 Å². The molecule has 0 bridgehead atoms. The first kappa shape index (κ1) is 9.88. The maximum atomic E-state index is 12.6. The Hall–Kier alpha value is -1.12. The minimum absolute atomic E-state index is 0.283. The van der Waals surface area contributed by atoms with Crippen molar-refractivity contribution in [1.29, 1.82) is 0 Å². The van der Waals surface area contributed by atoms with E-state index in [0.717, 1.165) is 0 Å². The minimum Gasteiger partial charge on any atom is -0.379 e. The van der Waals surface area contributed by atoms with Crippen molar-refractivity contribution in [2.75, 3.05) is 7.05 Å². The number of nitrogens with zero attached hydrogens (tertiary/aromatic N) is 1. The molecule has 62 valence electrons. The Bertz CT molecular complexity index is 188. The van der Waals surface area contributed by atoms with Gasteiger partial charge in [0.15, 0.2) is 0 Å². The molecule has 0 aromatic rings. The molecule has 0 amide bonds. The van der Waals surface area contributed by atoms with Gasteiger partial charge in [0, 0.05) is 7.05 Å². The molecule has 3 heteroatoms. The van der Waals surface area contributed by atoms with E-state index in [1.54, 1.807) is 19.2 Å². The third-order valence-electron chi connectivity index (χ3n) is 1.01. The Kier molecular flexibility index (Phi) is 5.07. The van der Waals surface area contributed by atoms with Gasteiger partial charge in [-0.15, -0.1) is 0 Å². The fourth-order valence-electron chi connectivity index (χ4n) is 0.539. The van der Waals surface area contributed by atoms with Gasteiger partial charge >= 0.3 is 0 Å². The smallest absolute Gasteiger partial charge is 0.122 e. The quantitative estimate of drug-likeness (QED) is 0.377. The van der Waals surface area contributed by atoms with Crippen molar-refractivity contribution in [3.63, 3.8) is 0 Å². The third-order valence-corrected chi connectivity index (χ3v) is 1.01. The van der Waals surface area contributed by atoms with E-state index in [-0.39, 0.29) is 5.83 Å². The molecule has 0 aromatic carbocycles. The van der Waals surface area contributed by atoms with Crippen molar-refractivity contribution in [3.8, 4) is 0 Å². The molecule has 0 unspecified atom stereocenters. The Morgan fingerprint density at radius 1 is 1.55 bits per heavy atom. The maximum absolute atomic E-state index is 12.6. The van der Waals surface area contributed by atoms with E-state index in [0.29, 0.717) is 5.70 Å². The summed E-state index contributed by atoms with van der Waals surface area (Å²) in [5.74, 6) is -0.283. The Morgan fingerprint density at radius 3 is 2.55 bits per heavy atom. The van der Waals surface area contributed by atoms with Gasteiger partial charge < -0.3 is 5.32 Å². The van der Waals surface area contributed by atoms with Crippen LogP contribution in [0.15, 0.2) is 28.7 Å². The summed E-state index contributed by atoms with van der Waals surface area (Å²) in [6.45, 7) is 3.19. The number of halogens is 1. The molecule has 0 saturated carbocycles. The lowest BCUT2D eigenvalue weighted by atomic mass is 10.3. The number of aliphatic imine (C=N–C) groups is 1. The first-order chi connectivity index (χ1) is 5.22. The average molecular weight is 156 g/mol. The summed E-state index contributed by atoms with van der Waals surface area (Å²) in [7, 11) is 1.71. The molecule has 0 aliphatic carbocycles. The molecular weight excluding hydrogens is 143 g/mol. The predicted molar refractivity (Wildman–Crippen MR) is 46.2 cm³/mol. The van der Waals surface area contributed by atoms with Gasteiger partial charge in [0.25, 0.3) is 0 Å². The van der Waals surface area contributed by atoms with Crippen molar-refractivity contribution in [1.82, 2.24) is 5.32 Å². The molecular formula is C8H13FN2. The molecule has 1 N–H and O–H groups in total. The molecule has 0 heterocycles. The molecule has 0 aliphatic heterocycles. The number of hydrogen-bond donors (Lipinski definition) is 1. The minimum atomic E-state index is -0.283. The summed E-state index contributed by atoms with van der Waals surface area (Å²) in [6.07, 6.45) is 4.80. The van der Waals surface area contributed by atoms with Crippen LogP contribution in [-0.2, 0) is 0 Å². The first-order valence-electron chi connectivity index (χ1n) is 3.41. The van der Waals surface area contributed by atoms with Gasteiger partial charge in [-0.25, -0.2) is 9.38 Å². The summed E-state index contributed by atoms with van der Waals surface area (Å²) in [5, 5.41) is 2.69. The predicted octanol–water partition coefficient (Wildman–Crippen LogP) is 2.01. The van der Waals surface area contributed by atoms with E-state index in [1.807, 2.05) is 6.92 Å². The van der Waals surface area contributed by atoms with Crippen molar-refractivity contribution < 1.29 is 4.39 Å². The van der Waals surface area contributed by atoms with Crippen LogP contribution in [0.5, 0.6) is 0 Å². The lowest BCUT2D eigenvalue weighted by Crippen LogP contribution is -2.00.